The molecule has 0 unspecified atom stereocenters. The van der Waals surface area contributed by atoms with Crippen molar-refractivity contribution < 1.29 is 0 Å². The Bertz CT molecular complexity index is 791. The molecule has 0 bridgehead atoms. The fourth-order valence-corrected chi connectivity index (χ4v) is 2.85. The van der Waals surface area contributed by atoms with Gasteiger partial charge in [0.25, 0.3) is 0 Å². The number of para-hydroxylation sites is 1. The first-order chi connectivity index (χ1) is 10.2. The third-order valence-corrected chi connectivity index (χ3v) is 3.87. The Morgan fingerprint density at radius 1 is 1.00 bits per heavy atom. The summed E-state index contributed by atoms with van der Waals surface area (Å²) in [5.74, 6) is 0. The summed E-state index contributed by atoms with van der Waals surface area (Å²) in [6.45, 7) is 4.91. The molecule has 0 atom stereocenters. The molecule has 2 nitrogen and oxygen atoms in total. The zero-order valence-electron chi connectivity index (χ0n) is 12.6. The lowest BCUT2D eigenvalue weighted by Crippen LogP contribution is -2.04. The molecule has 3 aromatic rings. The van der Waals surface area contributed by atoms with Gasteiger partial charge in [-0.1, -0.05) is 42.0 Å². The van der Waals surface area contributed by atoms with E-state index in [1.807, 2.05) is 6.07 Å². The molecule has 0 saturated carbocycles. The van der Waals surface area contributed by atoms with E-state index in [0.717, 1.165) is 17.6 Å². The van der Waals surface area contributed by atoms with Crippen molar-refractivity contribution in [3.63, 3.8) is 0 Å². The van der Waals surface area contributed by atoms with Crippen LogP contribution in [0.3, 0.4) is 0 Å². The second-order valence-electron chi connectivity index (χ2n) is 5.54. The van der Waals surface area contributed by atoms with Crippen LogP contribution in [-0.4, -0.2) is 11.5 Å². The fraction of sp³-hybridized carbons (Fsp3) is 0.211. The molecular weight excluding hydrogens is 256 g/mol. The molecule has 21 heavy (non-hydrogen) atoms. The molecule has 0 aliphatic carbocycles. The van der Waals surface area contributed by atoms with Crippen molar-refractivity contribution in [3.8, 4) is 11.3 Å². The zero-order chi connectivity index (χ0) is 14.8. The van der Waals surface area contributed by atoms with E-state index in [4.69, 9.17) is 10.7 Å². The first kappa shape index (κ1) is 13.8. The molecule has 1 aromatic heterocycles. The largest absolute Gasteiger partial charge is 0.330 e. The van der Waals surface area contributed by atoms with Crippen molar-refractivity contribution in [2.75, 3.05) is 6.54 Å². The Balaban J connectivity index is 2.23. The number of nitrogens with two attached hydrogens (primary N) is 1. The van der Waals surface area contributed by atoms with Gasteiger partial charge in [-0.05, 0) is 50.1 Å². The molecule has 0 amide bonds. The van der Waals surface area contributed by atoms with E-state index in [0.29, 0.717) is 6.54 Å². The summed E-state index contributed by atoms with van der Waals surface area (Å²) in [6.07, 6.45) is 0.876. The Morgan fingerprint density at radius 2 is 1.81 bits per heavy atom. The summed E-state index contributed by atoms with van der Waals surface area (Å²) < 4.78 is 0. The molecule has 3 rings (SSSR count). The van der Waals surface area contributed by atoms with Crippen LogP contribution in [0.2, 0.25) is 0 Å². The Kier molecular flexibility index (Phi) is 3.72. The highest BCUT2D eigenvalue weighted by atomic mass is 14.7. The van der Waals surface area contributed by atoms with Crippen LogP contribution in [-0.2, 0) is 6.42 Å². The van der Waals surface area contributed by atoms with Crippen LogP contribution in [0.25, 0.3) is 22.2 Å². The van der Waals surface area contributed by atoms with E-state index in [1.54, 1.807) is 0 Å². The summed E-state index contributed by atoms with van der Waals surface area (Å²) in [7, 11) is 0. The maximum atomic E-state index is 5.77. The average Bonchev–Trinajstić information content (AvgIpc) is 2.47. The maximum absolute atomic E-state index is 5.77. The van der Waals surface area contributed by atoms with Gasteiger partial charge in [-0.25, -0.2) is 4.98 Å². The summed E-state index contributed by atoms with van der Waals surface area (Å²) in [5, 5.41) is 1.21. The van der Waals surface area contributed by atoms with Gasteiger partial charge in [0, 0.05) is 10.9 Å². The number of hydrogen-bond acceptors (Lipinski definition) is 2. The first-order valence-corrected chi connectivity index (χ1v) is 7.35. The van der Waals surface area contributed by atoms with Gasteiger partial charge >= 0.3 is 0 Å². The number of benzene rings is 2. The molecule has 1 heterocycles. The van der Waals surface area contributed by atoms with Gasteiger partial charge in [-0.15, -0.1) is 0 Å². The number of nitrogens with zero attached hydrogens (tertiary/aromatic N) is 1. The fourth-order valence-electron chi connectivity index (χ4n) is 2.85. The van der Waals surface area contributed by atoms with E-state index in [-0.39, 0.29) is 0 Å². The van der Waals surface area contributed by atoms with Crippen molar-refractivity contribution in [1.29, 1.82) is 0 Å². The topological polar surface area (TPSA) is 38.9 Å². The lowest BCUT2D eigenvalue weighted by atomic mass is 9.98. The number of rotatable bonds is 3. The Labute approximate surface area is 125 Å². The molecule has 106 valence electrons. The lowest BCUT2D eigenvalue weighted by molar-refractivity contribution is 0.975. The van der Waals surface area contributed by atoms with Gasteiger partial charge in [0.1, 0.15) is 0 Å². The van der Waals surface area contributed by atoms with E-state index in [1.165, 1.54) is 27.6 Å². The maximum Gasteiger partial charge on any atom is 0.0715 e. The number of hydrogen-bond donors (Lipinski definition) is 1. The van der Waals surface area contributed by atoms with Crippen molar-refractivity contribution in [3.05, 3.63) is 65.2 Å². The van der Waals surface area contributed by atoms with Crippen molar-refractivity contribution in [2.45, 2.75) is 20.3 Å². The molecule has 0 aliphatic rings. The van der Waals surface area contributed by atoms with Gasteiger partial charge in [0.15, 0.2) is 0 Å². The number of aryl methyl sites for hydroxylation is 2. The molecule has 2 heteroatoms. The second-order valence-corrected chi connectivity index (χ2v) is 5.54. The van der Waals surface area contributed by atoms with Gasteiger partial charge in [0.05, 0.1) is 11.2 Å². The molecule has 0 fully saturated rings. The number of fused-ring (bicyclic) bond motifs is 1. The molecular formula is C19H20N2. The van der Waals surface area contributed by atoms with Crippen molar-refractivity contribution in [2.24, 2.45) is 5.73 Å². The van der Waals surface area contributed by atoms with Crippen LogP contribution in [0.4, 0.5) is 0 Å². The highest BCUT2D eigenvalue weighted by Gasteiger charge is 2.09. The molecule has 0 aliphatic heterocycles. The summed E-state index contributed by atoms with van der Waals surface area (Å²) >= 11 is 0. The summed E-state index contributed by atoms with van der Waals surface area (Å²) in [5.41, 5.74) is 12.9. The third kappa shape index (κ3) is 2.67. The van der Waals surface area contributed by atoms with Crippen molar-refractivity contribution in [1.82, 2.24) is 4.98 Å². The molecule has 2 N–H and O–H groups in total. The Hall–Kier alpha value is -2.19. The van der Waals surface area contributed by atoms with Crippen LogP contribution in [0.5, 0.6) is 0 Å². The van der Waals surface area contributed by atoms with E-state index in [2.05, 4.69) is 56.3 Å². The summed E-state index contributed by atoms with van der Waals surface area (Å²) in [6, 6.07) is 17.0. The Morgan fingerprint density at radius 3 is 2.57 bits per heavy atom. The standard InChI is InChI=1S/C19H20N2/c1-13-7-8-16(14(2)11-13)19-12-15(9-10-20)17-5-3-4-6-18(17)21-19/h3-8,11-12H,9-10,20H2,1-2H3. The van der Waals surface area contributed by atoms with Gasteiger partial charge < -0.3 is 5.73 Å². The van der Waals surface area contributed by atoms with Crippen LogP contribution < -0.4 is 5.73 Å². The highest BCUT2D eigenvalue weighted by Crippen LogP contribution is 2.27. The van der Waals surface area contributed by atoms with Crippen molar-refractivity contribution >= 4 is 10.9 Å². The lowest BCUT2D eigenvalue weighted by Gasteiger charge is -2.11. The van der Waals surface area contributed by atoms with E-state index < -0.39 is 0 Å². The molecule has 0 saturated heterocycles. The normalized spacial score (nSPS) is 11.0. The minimum atomic E-state index is 0.653. The van der Waals surface area contributed by atoms with Crippen LogP contribution >= 0.6 is 0 Å². The van der Waals surface area contributed by atoms with Crippen LogP contribution in [0.1, 0.15) is 16.7 Å². The van der Waals surface area contributed by atoms with E-state index in [9.17, 15) is 0 Å². The average molecular weight is 276 g/mol. The summed E-state index contributed by atoms with van der Waals surface area (Å²) in [4.78, 5) is 4.84. The number of aromatic nitrogens is 1. The molecule has 0 radical (unpaired) electrons. The highest BCUT2D eigenvalue weighted by molar-refractivity contribution is 5.85. The quantitative estimate of drug-likeness (QED) is 0.784. The van der Waals surface area contributed by atoms with E-state index >= 15 is 0 Å². The monoisotopic (exact) mass is 276 g/mol. The number of pyridine rings is 1. The van der Waals surface area contributed by atoms with Crippen LogP contribution in [0, 0.1) is 13.8 Å². The SMILES string of the molecule is Cc1ccc(-c2cc(CCN)c3ccccc3n2)c(C)c1. The predicted octanol–water partition coefficient (Wildman–Crippen LogP) is 4.02. The van der Waals surface area contributed by atoms with Gasteiger partial charge in [-0.3, -0.25) is 0 Å². The zero-order valence-corrected chi connectivity index (χ0v) is 12.6. The predicted molar refractivity (Wildman–Crippen MR) is 89.4 cm³/mol. The molecule has 0 spiro atoms. The molecule has 2 aromatic carbocycles. The smallest absolute Gasteiger partial charge is 0.0715 e. The van der Waals surface area contributed by atoms with Crippen LogP contribution in [0.15, 0.2) is 48.5 Å². The van der Waals surface area contributed by atoms with Gasteiger partial charge in [0.2, 0.25) is 0 Å². The minimum absolute atomic E-state index is 0.653. The third-order valence-electron chi connectivity index (χ3n) is 3.87. The minimum Gasteiger partial charge on any atom is -0.330 e. The van der Waals surface area contributed by atoms with Gasteiger partial charge in [-0.2, -0.15) is 0 Å². The second kappa shape index (κ2) is 5.66. The first-order valence-electron chi connectivity index (χ1n) is 7.35.